The first-order valence-electron chi connectivity index (χ1n) is 10.1. The van der Waals surface area contributed by atoms with E-state index in [1.165, 1.54) is 5.69 Å². The van der Waals surface area contributed by atoms with E-state index in [1.807, 2.05) is 54.7 Å². The van der Waals surface area contributed by atoms with Crippen LogP contribution in [0.5, 0.6) is 5.75 Å². The van der Waals surface area contributed by atoms with Crippen LogP contribution < -0.4 is 9.64 Å². The van der Waals surface area contributed by atoms with Gasteiger partial charge in [-0.3, -0.25) is 4.99 Å². The van der Waals surface area contributed by atoms with E-state index in [9.17, 15) is 5.26 Å². The fraction of sp³-hybridized carbons (Fsp3) is 0.200. The molecule has 4 rings (SSSR count). The molecule has 0 unspecified atom stereocenters. The molecule has 0 aliphatic carbocycles. The molecule has 0 bridgehead atoms. The highest BCUT2D eigenvalue weighted by molar-refractivity contribution is 14.1. The first kappa shape index (κ1) is 21.3. The van der Waals surface area contributed by atoms with Crippen LogP contribution in [0.1, 0.15) is 16.7 Å². The molecule has 156 valence electrons. The summed E-state index contributed by atoms with van der Waals surface area (Å²) in [4.78, 5) is 6.93. The van der Waals surface area contributed by atoms with E-state index in [4.69, 9.17) is 9.47 Å². The number of halogens is 1. The Morgan fingerprint density at radius 2 is 1.84 bits per heavy atom. The summed E-state index contributed by atoms with van der Waals surface area (Å²) < 4.78 is 12.3. The molecule has 1 heterocycles. The van der Waals surface area contributed by atoms with Gasteiger partial charge in [-0.2, -0.15) is 5.26 Å². The van der Waals surface area contributed by atoms with Crippen molar-refractivity contribution >= 4 is 40.2 Å². The molecule has 0 saturated carbocycles. The molecule has 1 fully saturated rings. The first-order valence-corrected chi connectivity index (χ1v) is 11.2. The second-order valence-corrected chi connectivity index (χ2v) is 8.28. The second-order valence-electron chi connectivity index (χ2n) is 7.12. The Labute approximate surface area is 196 Å². The smallest absolute Gasteiger partial charge is 0.133 e. The van der Waals surface area contributed by atoms with Crippen molar-refractivity contribution in [2.24, 2.45) is 4.99 Å². The lowest BCUT2D eigenvalue weighted by Crippen LogP contribution is -2.36. The predicted molar refractivity (Wildman–Crippen MR) is 131 cm³/mol. The molecule has 0 amide bonds. The fourth-order valence-corrected chi connectivity index (χ4v) is 4.04. The molecule has 31 heavy (non-hydrogen) atoms. The lowest BCUT2D eigenvalue weighted by atomic mass is 10.1. The summed E-state index contributed by atoms with van der Waals surface area (Å²) >= 11 is 2.26. The zero-order valence-electron chi connectivity index (χ0n) is 17.0. The summed E-state index contributed by atoms with van der Waals surface area (Å²) in [6, 6.07) is 24.0. The minimum absolute atomic E-state index is 0.364. The highest BCUT2D eigenvalue weighted by atomic mass is 127. The maximum absolute atomic E-state index is 9.21. The number of aliphatic imine (C=N–C) groups is 1. The van der Waals surface area contributed by atoms with E-state index in [2.05, 4.69) is 50.7 Å². The summed E-state index contributed by atoms with van der Waals surface area (Å²) in [5.41, 5.74) is 4.65. The van der Waals surface area contributed by atoms with Crippen molar-refractivity contribution in [3.05, 3.63) is 87.0 Å². The van der Waals surface area contributed by atoms with Crippen LogP contribution in [0.3, 0.4) is 0 Å². The molecule has 0 spiro atoms. The number of anilines is 1. The van der Waals surface area contributed by atoms with Gasteiger partial charge in [0.15, 0.2) is 0 Å². The summed E-state index contributed by atoms with van der Waals surface area (Å²) in [5, 5.41) is 9.21. The Morgan fingerprint density at radius 3 is 2.58 bits per heavy atom. The number of nitrogens with zero attached hydrogens (tertiary/aromatic N) is 3. The number of hydrogen-bond acceptors (Lipinski definition) is 5. The van der Waals surface area contributed by atoms with Crippen LogP contribution in [-0.4, -0.2) is 32.5 Å². The highest BCUT2D eigenvalue weighted by Gasteiger charge is 2.10. The van der Waals surface area contributed by atoms with E-state index < -0.39 is 0 Å². The molecule has 1 aliphatic rings. The van der Waals surface area contributed by atoms with Crippen molar-refractivity contribution in [3.8, 4) is 11.8 Å². The third kappa shape index (κ3) is 5.63. The van der Waals surface area contributed by atoms with E-state index in [0.29, 0.717) is 12.2 Å². The van der Waals surface area contributed by atoms with Gasteiger partial charge in [0.25, 0.3) is 0 Å². The summed E-state index contributed by atoms with van der Waals surface area (Å²) in [6.45, 7) is 3.78. The van der Waals surface area contributed by atoms with Gasteiger partial charge in [0.1, 0.15) is 12.4 Å². The van der Waals surface area contributed by atoms with Crippen molar-refractivity contribution in [2.75, 3.05) is 31.2 Å². The molecule has 6 heteroatoms. The number of rotatable bonds is 6. The van der Waals surface area contributed by atoms with Crippen LogP contribution in [0.15, 0.2) is 71.7 Å². The van der Waals surface area contributed by atoms with E-state index in [1.54, 1.807) is 6.07 Å². The van der Waals surface area contributed by atoms with E-state index in [0.717, 1.165) is 52.4 Å². The third-order valence-electron chi connectivity index (χ3n) is 5.07. The lowest BCUT2D eigenvalue weighted by Gasteiger charge is -2.28. The van der Waals surface area contributed by atoms with Crippen LogP contribution in [0.4, 0.5) is 11.4 Å². The monoisotopic (exact) mass is 523 g/mol. The van der Waals surface area contributed by atoms with Crippen molar-refractivity contribution in [3.63, 3.8) is 0 Å². The maximum atomic E-state index is 9.21. The van der Waals surface area contributed by atoms with Gasteiger partial charge in [0.2, 0.25) is 0 Å². The van der Waals surface area contributed by atoms with Crippen molar-refractivity contribution in [2.45, 2.75) is 6.61 Å². The van der Waals surface area contributed by atoms with Gasteiger partial charge in [0, 0.05) is 30.6 Å². The average molecular weight is 523 g/mol. The first-order chi connectivity index (χ1) is 15.2. The van der Waals surface area contributed by atoms with Crippen molar-refractivity contribution in [1.29, 1.82) is 5.26 Å². The SMILES string of the molecule is N#Cc1ccccc1COc1ccc(C=Nc2ccc(N3CCOCC3)cc2)cc1I. The van der Waals surface area contributed by atoms with Crippen LogP contribution in [0.2, 0.25) is 0 Å². The Balaban J connectivity index is 1.38. The van der Waals surface area contributed by atoms with Gasteiger partial charge in [-0.15, -0.1) is 0 Å². The molecule has 1 aliphatic heterocycles. The van der Waals surface area contributed by atoms with Gasteiger partial charge in [-0.1, -0.05) is 18.2 Å². The van der Waals surface area contributed by atoms with Gasteiger partial charge >= 0.3 is 0 Å². The Kier molecular flexibility index (Phi) is 7.18. The topological polar surface area (TPSA) is 57.8 Å². The molecule has 0 atom stereocenters. The fourth-order valence-electron chi connectivity index (χ4n) is 3.35. The van der Waals surface area contributed by atoms with Gasteiger partial charge in [-0.25, -0.2) is 0 Å². The molecule has 1 saturated heterocycles. The number of benzene rings is 3. The largest absolute Gasteiger partial charge is 0.488 e. The molecule has 3 aromatic rings. The minimum Gasteiger partial charge on any atom is -0.488 e. The molecule has 0 N–H and O–H groups in total. The standard InChI is InChI=1S/C25H22IN3O2/c26-24-15-19(5-10-25(24)31-18-21-4-2-1-3-20(21)16-27)17-28-22-6-8-23(9-7-22)29-11-13-30-14-12-29/h1-10,15,17H,11-14,18H2. The lowest BCUT2D eigenvalue weighted by molar-refractivity contribution is 0.122. The van der Waals surface area contributed by atoms with Gasteiger partial charge in [0.05, 0.1) is 34.1 Å². The molecular weight excluding hydrogens is 501 g/mol. The molecule has 0 aromatic heterocycles. The van der Waals surface area contributed by atoms with Crippen LogP contribution in [-0.2, 0) is 11.3 Å². The summed E-state index contributed by atoms with van der Waals surface area (Å²) in [5.74, 6) is 0.792. The predicted octanol–water partition coefficient (Wildman–Crippen LogP) is 5.33. The van der Waals surface area contributed by atoms with E-state index in [-0.39, 0.29) is 0 Å². The Hall–Kier alpha value is -2.89. The van der Waals surface area contributed by atoms with Crippen molar-refractivity contribution < 1.29 is 9.47 Å². The van der Waals surface area contributed by atoms with Crippen LogP contribution >= 0.6 is 22.6 Å². The third-order valence-corrected chi connectivity index (χ3v) is 5.91. The maximum Gasteiger partial charge on any atom is 0.133 e. The minimum atomic E-state index is 0.364. The van der Waals surface area contributed by atoms with Crippen LogP contribution in [0, 0.1) is 14.9 Å². The van der Waals surface area contributed by atoms with Crippen molar-refractivity contribution in [1.82, 2.24) is 0 Å². The molecule has 3 aromatic carbocycles. The Bertz CT molecular complexity index is 1100. The summed E-state index contributed by atoms with van der Waals surface area (Å²) in [7, 11) is 0. The number of ether oxygens (including phenoxy) is 2. The van der Waals surface area contributed by atoms with Gasteiger partial charge < -0.3 is 14.4 Å². The zero-order chi connectivity index (χ0) is 21.5. The second kappa shape index (κ2) is 10.4. The highest BCUT2D eigenvalue weighted by Crippen LogP contribution is 2.24. The molecule has 5 nitrogen and oxygen atoms in total. The number of morpholine rings is 1. The quantitative estimate of drug-likeness (QED) is 0.324. The van der Waals surface area contributed by atoms with Gasteiger partial charge in [-0.05, 0) is 76.7 Å². The molecular formula is C25H22IN3O2. The normalized spacial score (nSPS) is 13.9. The van der Waals surface area contributed by atoms with E-state index >= 15 is 0 Å². The number of nitriles is 1. The number of hydrogen-bond donors (Lipinski definition) is 0. The zero-order valence-corrected chi connectivity index (χ0v) is 19.2. The average Bonchev–Trinajstić information content (AvgIpc) is 2.83. The van der Waals surface area contributed by atoms with Crippen LogP contribution in [0.25, 0.3) is 0 Å². The molecule has 0 radical (unpaired) electrons. The Morgan fingerprint density at radius 1 is 1.06 bits per heavy atom. The summed E-state index contributed by atoms with van der Waals surface area (Å²) in [6.07, 6.45) is 1.86.